The third kappa shape index (κ3) is 5.33. The van der Waals surface area contributed by atoms with Gasteiger partial charge >= 0.3 is 0 Å². The number of thioether (sulfide) groups is 1. The molecule has 0 atom stereocenters. The summed E-state index contributed by atoms with van der Waals surface area (Å²) in [6, 6.07) is 10.8. The molecule has 1 aromatic carbocycles. The zero-order valence-electron chi connectivity index (χ0n) is 11.7. The largest absolute Gasteiger partial charge is 0.123 e. The highest BCUT2D eigenvalue weighted by atomic mass is 32.2. The average molecular weight is 272 g/mol. The van der Waals surface area contributed by atoms with Gasteiger partial charge in [0.2, 0.25) is 0 Å². The van der Waals surface area contributed by atoms with Crippen molar-refractivity contribution in [3.05, 3.63) is 30.3 Å². The van der Waals surface area contributed by atoms with Crippen LogP contribution < -0.4 is 0 Å². The molecule has 1 fully saturated rings. The summed E-state index contributed by atoms with van der Waals surface area (Å²) in [5.74, 6) is 3.70. The number of rotatable bonds is 6. The van der Waals surface area contributed by atoms with Crippen LogP contribution in [0.2, 0.25) is 0 Å². The van der Waals surface area contributed by atoms with E-state index in [9.17, 15) is 0 Å². The minimum absolute atomic E-state index is 0.837. The Hall–Kier alpha value is -0.870. The molecule has 1 heteroatoms. The lowest BCUT2D eigenvalue weighted by molar-refractivity contribution is 0.336. The monoisotopic (exact) mass is 272 g/mol. The van der Waals surface area contributed by atoms with Gasteiger partial charge in [-0.1, -0.05) is 31.0 Å². The lowest BCUT2D eigenvalue weighted by Crippen LogP contribution is -2.16. The van der Waals surface area contributed by atoms with Gasteiger partial charge in [0.05, 0.1) is 0 Å². The van der Waals surface area contributed by atoms with Crippen molar-refractivity contribution in [3.63, 3.8) is 0 Å². The Balaban J connectivity index is 1.64. The van der Waals surface area contributed by atoms with Crippen LogP contribution >= 0.6 is 11.8 Å². The molecule has 0 aliphatic heterocycles. The normalized spacial score (nSPS) is 22.9. The third-order valence-electron chi connectivity index (χ3n) is 4.02. The fraction of sp³-hybridized carbons (Fsp3) is 0.556. The molecule has 0 heterocycles. The van der Waals surface area contributed by atoms with Crippen molar-refractivity contribution in [2.24, 2.45) is 5.92 Å². The van der Waals surface area contributed by atoms with E-state index in [4.69, 9.17) is 6.42 Å². The molecule has 2 rings (SSSR count). The van der Waals surface area contributed by atoms with E-state index in [1.54, 1.807) is 0 Å². The van der Waals surface area contributed by atoms with E-state index in [0.29, 0.717) is 0 Å². The van der Waals surface area contributed by atoms with Gasteiger partial charge in [-0.2, -0.15) is 0 Å². The second kappa shape index (κ2) is 8.33. The molecule has 1 aliphatic carbocycles. The highest BCUT2D eigenvalue weighted by Crippen LogP contribution is 2.37. The van der Waals surface area contributed by atoms with Crippen LogP contribution in [0.25, 0.3) is 0 Å². The predicted octanol–water partition coefficient (Wildman–Crippen LogP) is 5.53. The Morgan fingerprint density at radius 1 is 1.05 bits per heavy atom. The van der Waals surface area contributed by atoms with Crippen molar-refractivity contribution >= 4 is 11.8 Å². The first-order valence-electron chi connectivity index (χ1n) is 7.53. The van der Waals surface area contributed by atoms with E-state index in [0.717, 1.165) is 17.6 Å². The number of hydrogen-bond donors (Lipinski definition) is 0. The standard InChI is InChI=1S/C18H24S/c1-2-3-4-6-9-16-12-14-18(15-13-16)19-17-10-7-5-8-11-17/h1,5,7-8,10-11,16,18H,3-4,6,9,12-15H2. The minimum atomic E-state index is 0.837. The van der Waals surface area contributed by atoms with Gasteiger partial charge in [-0.15, -0.1) is 24.1 Å². The summed E-state index contributed by atoms with van der Waals surface area (Å²) >= 11 is 2.07. The molecule has 0 N–H and O–H groups in total. The zero-order valence-corrected chi connectivity index (χ0v) is 12.5. The molecule has 0 aromatic heterocycles. The number of unbranched alkanes of at least 4 members (excludes halogenated alkanes) is 2. The second-order valence-electron chi connectivity index (χ2n) is 5.52. The summed E-state index contributed by atoms with van der Waals surface area (Å²) in [6.07, 6.45) is 15.8. The Morgan fingerprint density at radius 3 is 2.47 bits per heavy atom. The van der Waals surface area contributed by atoms with E-state index in [1.165, 1.54) is 49.8 Å². The Morgan fingerprint density at radius 2 is 1.79 bits per heavy atom. The smallest absolute Gasteiger partial charge is 0.00946 e. The molecule has 102 valence electrons. The van der Waals surface area contributed by atoms with Gasteiger partial charge in [0.1, 0.15) is 0 Å². The summed E-state index contributed by atoms with van der Waals surface area (Å²) in [6.45, 7) is 0. The Kier molecular flexibility index (Phi) is 6.37. The van der Waals surface area contributed by atoms with Crippen molar-refractivity contribution < 1.29 is 0 Å². The molecule has 0 saturated heterocycles. The number of hydrogen-bond acceptors (Lipinski definition) is 1. The van der Waals surface area contributed by atoms with Gasteiger partial charge in [0.25, 0.3) is 0 Å². The summed E-state index contributed by atoms with van der Waals surface area (Å²) in [4.78, 5) is 1.43. The van der Waals surface area contributed by atoms with Gasteiger partial charge in [-0.25, -0.2) is 0 Å². The lowest BCUT2D eigenvalue weighted by Gasteiger charge is -2.28. The molecule has 1 aromatic rings. The van der Waals surface area contributed by atoms with Crippen LogP contribution in [0.5, 0.6) is 0 Å². The van der Waals surface area contributed by atoms with Crippen LogP contribution in [-0.4, -0.2) is 5.25 Å². The fourth-order valence-electron chi connectivity index (χ4n) is 2.89. The molecular weight excluding hydrogens is 248 g/mol. The van der Waals surface area contributed by atoms with E-state index < -0.39 is 0 Å². The first kappa shape index (κ1) is 14.5. The molecule has 1 aliphatic rings. The maximum Gasteiger partial charge on any atom is 0.00946 e. The van der Waals surface area contributed by atoms with E-state index >= 15 is 0 Å². The highest BCUT2D eigenvalue weighted by Gasteiger charge is 2.21. The van der Waals surface area contributed by atoms with Gasteiger partial charge < -0.3 is 0 Å². The van der Waals surface area contributed by atoms with Crippen LogP contribution in [0.15, 0.2) is 35.2 Å². The van der Waals surface area contributed by atoms with E-state index in [-0.39, 0.29) is 0 Å². The second-order valence-corrected chi connectivity index (χ2v) is 6.90. The fourth-order valence-corrected chi connectivity index (χ4v) is 4.10. The Labute approximate surface area is 122 Å². The summed E-state index contributed by atoms with van der Waals surface area (Å²) in [7, 11) is 0. The van der Waals surface area contributed by atoms with Crippen LogP contribution in [0, 0.1) is 18.3 Å². The van der Waals surface area contributed by atoms with Gasteiger partial charge in [-0.05, 0) is 50.2 Å². The topological polar surface area (TPSA) is 0 Å². The van der Waals surface area contributed by atoms with Crippen molar-refractivity contribution in [1.82, 2.24) is 0 Å². The highest BCUT2D eigenvalue weighted by molar-refractivity contribution is 8.00. The lowest BCUT2D eigenvalue weighted by atomic mass is 9.85. The summed E-state index contributed by atoms with van der Waals surface area (Å²) < 4.78 is 0. The minimum Gasteiger partial charge on any atom is -0.123 e. The SMILES string of the molecule is C#CCCCCC1CCC(Sc2ccccc2)CC1. The third-order valence-corrected chi connectivity index (χ3v) is 5.37. The maximum atomic E-state index is 5.29. The van der Waals surface area contributed by atoms with Crippen LogP contribution in [0.1, 0.15) is 51.4 Å². The quantitative estimate of drug-likeness (QED) is 0.484. The van der Waals surface area contributed by atoms with Crippen molar-refractivity contribution in [3.8, 4) is 12.3 Å². The predicted molar refractivity (Wildman–Crippen MR) is 85.3 cm³/mol. The average Bonchev–Trinajstić information content (AvgIpc) is 2.46. The molecule has 0 amide bonds. The van der Waals surface area contributed by atoms with E-state index in [2.05, 4.69) is 48.0 Å². The molecule has 0 unspecified atom stereocenters. The zero-order chi connectivity index (χ0) is 13.3. The molecular formula is C18H24S. The van der Waals surface area contributed by atoms with Gasteiger partial charge in [-0.3, -0.25) is 0 Å². The molecule has 1 saturated carbocycles. The Bertz CT molecular complexity index is 382. The van der Waals surface area contributed by atoms with E-state index in [1.807, 2.05) is 0 Å². The van der Waals surface area contributed by atoms with Crippen LogP contribution in [-0.2, 0) is 0 Å². The maximum absolute atomic E-state index is 5.29. The molecule has 0 radical (unpaired) electrons. The first-order chi connectivity index (χ1) is 9.38. The van der Waals surface area contributed by atoms with Crippen molar-refractivity contribution in [2.75, 3.05) is 0 Å². The van der Waals surface area contributed by atoms with Crippen LogP contribution in [0.3, 0.4) is 0 Å². The van der Waals surface area contributed by atoms with Crippen molar-refractivity contribution in [1.29, 1.82) is 0 Å². The molecule has 0 bridgehead atoms. The van der Waals surface area contributed by atoms with Crippen LogP contribution in [0.4, 0.5) is 0 Å². The number of benzene rings is 1. The van der Waals surface area contributed by atoms with Gasteiger partial charge in [0, 0.05) is 16.6 Å². The molecule has 0 spiro atoms. The first-order valence-corrected chi connectivity index (χ1v) is 8.41. The molecule has 0 nitrogen and oxygen atoms in total. The van der Waals surface area contributed by atoms with Crippen molar-refractivity contribution in [2.45, 2.75) is 61.5 Å². The van der Waals surface area contributed by atoms with Gasteiger partial charge in [0.15, 0.2) is 0 Å². The molecule has 19 heavy (non-hydrogen) atoms. The number of terminal acetylenes is 1. The summed E-state index contributed by atoms with van der Waals surface area (Å²) in [5.41, 5.74) is 0. The summed E-state index contributed by atoms with van der Waals surface area (Å²) in [5, 5.41) is 0.837.